The number of pyridine rings is 1. The molecule has 0 bridgehead atoms. The van der Waals surface area contributed by atoms with Gasteiger partial charge in [0.05, 0.1) is 22.3 Å². The van der Waals surface area contributed by atoms with Crippen LogP contribution in [0.2, 0.25) is 5.02 Å². The quantitative estimate of drug-likeness (QED) is 0.446. The molecular weight excluding hydrogens is 560 g/mol. The molecule has 3 aliphatic rings. The number of carbonyl (C=O) groups excluding carboxylic acids is 3. The van der Waals surface area contributed by atoms with Crippen LogP contribution in [0.25, 0.3) is 0 Å². The van der Waals surface area contributed by atoms with Crippen LogP contribution in [0.3, 0.4) is 0 Å². The van der Waals surface area contributed by atoms with Crippen LogP contribution in [-0.4, -0.2) is 57.7 Å². The van der Waals surface area contributed by atoms with E-state index in [1.54, 1.807) is 16.5 Å². The van der Waals surface area contributed by atoms with Gasteiger partial charge in [0, 0.05) is 42.9 Å². The van der Waals surface area contributed by atoms with Gasteiger partial charge >= 0.3 is 0 Å². The second-order valence-corrected chi connectivity index (χ2v) is 11.8. The molecule has 4 heterocycles. The number of benzene rings is 1. The Morgan fingerprint density at radius 2 is 1.90 bits per heavy atom. The van der Waals surface area contributed by atoms with E-state index < -0.39 is 23.4 Å². The van der Waals surface area contributed by atoms with Crippen LogP contribution in [0, 0.1) is 5.92 Å². The van der Waals surface area contributed by atoms with Crippen LogP contribution < -0.4 is 10.2 Å². The lowest BCUT2D eigenvalue weighted by Crippen LogP contribution is -2.65. The SMILES string of the molecule is O=C(N[C@H]1CC[C@H](CN2C(=O)C3(CN(C(=O)c4cnsc4)C3)c3ccccc32)CC1)c1cc(Cl)cnc1C(F)F. The van der Waals surface area contributed by atoms with E-state index in [1.807, 2.05) is 29.2 Å². The van der Waals surface area contributed by atoms with Crippen molar-refractivity contribution in [3.05, 3.63) is 75.5 Å². The molecule has 1 saturated carbocycles. The number of amides is 3. The Bertz CT molecular complexity index is 1460. The van der Waals surface area contributed by atoms with Gasteiger partial charge in [-0.15, -0.1) is 0 Å². The zero-order chi connectivity index (χ0) is 28.0. The zero-order valence-corrected chi connectivity index (χ0v) is 22.9. The number of rotatable bonds is 6. The Hall–Kier alpha value is -3.44. The Morgan fingerprint density at radius 1 is 1.15 bits per heavy atom. The van der Waals surface area contributed by atoms with Gasteiger partial charge in [-0.2, -0.15) is 0 Å². The molecular formula is C28H26ClF2N5O3S. The maximum Gasteiger partial charge on any atom is 0.281 e. The number of fused-ring (bicyclic) bond motifs is 2. The van der Waals surface area contributed by atoms with E-state index in [1.165, 1.54) is 17.6 Å². The Kier molecular flexibility index (Phi) is 7.03. The summed E-state index contributed by atoms with van der Waals surface area (Å²) in [6, 6.07) is 8.83. The molecule has 1 aromatic carbocycles. The highest BCUT2D eigenvalue weighted by Crippen LogP contribution is 2.48. The van der Waals surface area contributed by atoms with Gasteiger partial charge in [-0.25, -0.2) is 13.2 Å². The number of anilines is 1. The summed E-state index contributed by atoms with van der Waals surface area (Å²) < 4.78 is 30.7. The zero-order valence-electron chi connectivity index (χ0n) is 21.4. The average Bonchev–Trinajstić information content (AvgIpc) is 3.54. The second kappa shape index (κ2) is 10.5. The summed E-state index contributed by atoms with van der Waals surface area (Å²) in [7, 11) is 0. The summed E-state index contributed by atoms with van der Waals surface area (Å²) in [4.78, 5) is 46.6. The smallest absolute Gasteiger partial charge is 0.281 e. The van der Waals surface area contributed by atoms with Crippen LogP contribution in [0.1, 0.15) is 64.1 Å². The number of nitrogens with zero attached hydrogens (tertiary/aromatic N) is 4. The van der Waals surface area contributed by atoms with Crippen molar-refractivity contribution in [2.75, 3.05) is 24.5 Å². The van der Waals surface area contributed by atoms with E-state index in [4.69, 9.17) is 11.6 Å². The number of para-hydroxylation sites is 1. The molecule has 3 amide bonds. The fourth-order valence-corrected chi connectivity index (χ4v) is 6.81. The number of likely N-dealkylation sites (tertiary alicyclic amines) is 1. The molecule has 1 aliphatic carbocycles. The van der Waals surface area contributed by atoms with Crippen molar-refractivity contribution < 1.29 is 23.2 Å². The number of aromatic nitrogens is 2. The maximum atomic E-state index is 13.8. The molecule has 6 rings (SSSR count). The highest BCUT2D eigenvalue weighted by atomic mass is 35.5. The van der Waals surface area contributed by atoms with Gasteiger partial charge in [0.25, 0.3) is 18.2 Å². The standard InChI is InChI=1S/C28H26ClF2N5O3S/c29-18-9-20(23(24(30)31)32-11-18)25(37)34-19-7-5-16(6-8-19)12-36-22-4-2-1-3-21(22)28(27(36)39)14-35(15-28)26(38)17-10-33-40-13-17/h1-4,9-11,13,16,19,24H,5-8,12,14-15H2,(H,34,37)/t16-,19-. The fraction of sp³-hybridized carbons (Fsp3) is 0.393. The first-order valence-electron chi connectivity index (χ1n) is 13.1. The summed E-state index contributed by atoms with van der Waals surface area (Å²) in [5.41, 5.74) is 0.861. The van der Waals surface area contributed by atoms with Crippen molar-refractivity contribution in [2.45, 2.75) is 43.6 Å². The monoisotopic (exact) mass is 585 g/mol. The number of nitrogens with one attached hydrogen (secondary N) is 1. The third-order valence-electron chi connectivity index (χ3n) is 8.21. The van der Waals surface area contributed by atoms with Crippen LogP contribution in [0.15, 0.2) is 48.1 Å². The van der Waals surface area contributed by atoms with Gasteiger partial charge in [0.15, 0.2) is 0 Å². The predicted molar refractivity (Wildman–Crippen MR) is 146 cm³/mol. The molecule has 0 atom stereocenters. The molecule has 1 saturated heterocycles. The molecule has 0 radical (unpaired) electrons. The van der Waals surface area contributed by atoms with Gasteiger partial charge in [-0.3, -0.25) is 19.4 Å². The van der Waals surface area contributed by atoms with Gasteiger partial charge in [0.1, 0.15) is 11.1 Å². The van der Waals surface area contributed by atoms with Crippen LogP contribution in [0.4, 0.5) is 14.5 Å². The molecule has 1 N–H and O–H groups in total. The van der Waals surface area contributed by atoms with Gasteiger partial charge < -0.3 is 15.1 Å². The lowest BCUT2D eigenvalue weighted by atomic mass is 9.74. The Labute approximate surface area is 238 Å². The van der Waals surface area contributed by atoms with Crippen molar-refractivity contribution in [1.29, 1.82) is 0 Å². The summed E-state index contributed by atoms with van der Waals surface area (Å²) in [5, 5.41) is 4.70. The van der Waals surface area contributed by atoms with E-state index in [0.29, 0.717) is 38.0 Å². The molecule has 12 heteroatoms. The lowest BCUT2D eigenvalue weighted by molar-refractivity contribution is -0.128. The molecule has 2 aromatic heterocycles. The van der Waals surface area contributed by atoms with Crippen LogP contribution in [0.5, 0.6) is 0 Å². The molecule has 8 nitrogen and oxygen atoms in total. The number of halogens is 3. The van der Waals surface area contributed by atoms with E-state index in [0.717, 1.165) is 30.3 Å². The summed E-state index contributed by atoms with van der Waals surface area (Å²) in [6.07, 6.45) is 2.65. The first-order chi connectivity index (χ1) is 19.3. The molecule has 2 fully saturated rings. The number of hydrogen-bond acceptors (Lipinski definition) is 6. The van der Waals surface area contributed by atoms with Crippen molar-refractivity contribution in [3.63, 3.8) is 0 Å². The summed E-state index contributed by atoms with van der Waals surface area (Å²) >= 11 is 7.12. The van der Waals surface area contributed by atoms with E-state index in [9.17, 15) is 23.2 Å². The minimum atomic E-state index is -2.88. The highest BCUT2D eigenvalue weighted by Gasteiger charge is 2.59. The third-order valence-corrected chi connectivity index (χ3v) is 9.01. The van der Waals surface area contributed by atoms with Crippen molar-refractivity contribution in [2.24, 2.45) is 5.92 Å². The first-order valence-corrected chi connectivity index (χ1v) is 14.3. The first kappa shape index (κ1) is 26.8. The highest BCUT2D eigenvalue weighted by molar-refractivity contribution is 7.03. The Balaban J connectivity index is 1.09. The fourth-order valence-electron chi connectivity index (χ4n) is 6.14. The molecule has 0 unspecified atom stereocenters. The molecule has 3 aromatic rings. The second-order valence-electron chi connectivity index (χ2n) is 10.7. The third kappa shape index (κ3) is 4.64. The van der Waals surface area contributed by atoms with Crippen molar-refractivity contribution >= 4 is 46.5 Å². The molecule has 1 spiro atoms. The maximum absolute atomic E-state index is 13.8. The van der Waals surface area contributed by atoms with E-state index in [2.05, 4.69) is 14.7 Å². The van der Waals surface area contributed by atoms with E-state index >= 15 is 0 Å². The average molecular weight is 586 g/mol. The minimum absolute atomic E-state index is 0.0182. The van der Waals surface area contributed by atoms with Gasteiger partial charge in [0.2, 0.25) is 5.91 Å². The molecule has 40 heavy (non-hydrogen) atoms. The predicted octanol–water partition coefficient (Wildman–Crippen LogP) is 4.86. The number of hydrogen-bond donors (Lipinski definition) is 1. The number of alkyl halides is 2. The van der Waals surface area contributed by atoms with E-state index in [-0.39, 0.29) is 34.4 Å². The minimum Gasteiger partial charge on any atom is -0.349 e. The van der Waals surface area contributed by atoms with Crippen LogP contribution in [-0.2, 0) is 10.2 Å². The van der Waals surface area contributed by atoms with Crippen molar-refractivity contribution in [1.82, 2.24) is 19.6 Å². The topological polar surface area (TPSA) is 95.5 Å². The van der Waals surface area contributed by atoms with Crippen molar-refractivity contribution in [3.8, 4) is 0 Å². The normalized spacial score (nSPS) is 21.4. The largest absolute Gasteiger partial charge is 0.349 e. The molecule has 208 valence electrons. The Morgan fingerprint density at radius 3 is 2.60 bits per heavy atom. The molecule has 2 aliphatic heterocycles. The van der Waals surface area contributed by atoms with Crippen LogP contribution >= 0.6 is 23.1 Å². The summed E-state index contributed by atoms with van der Waals surface area (Å²) in [5.74, 6) is -0.483. The number of carbonyl (C=O) groups is 3. The van der Waals surface area contributed by atoms with Gasteiger partial charge in [-0.1, -0.05) is 29.8 Å². The lowest BCUT2D eigenvalue weighted by Gasteiger charge is -2.46. The summed E-state index contributed by atoms with van der Waals surface area (Å²) in [6.45, 7) is 1.23. The van der Waals surface area contributed by atoms with Gasteiger partial charge in [-0.05, 0) is 60.8 Å².